The molecule has 0 saturated heterocycles. The summed E-state index contributed by atoms with van der Waals surface area (Å²) < 4.78 is 5.09. The lowest BCUT2D eigenvalue weighted by Gasteiger charge is -2.24. The van der Waals surface area contributed by atoms with Crippen LogP contribution in [-0.4, -0.2) is 45.5 Å². The van der Waals surface area contributed by atoms with Crippen molar-refractivity contribution in [3.63, 3.8) is 0 Å². The van der Waals surface area contributed by atoms with Crippen molar-refractivity contribution in [1.82, 2.24) is 15.2 Å². The van der Waals surface area contributed by atoms with E-state index in [-0.39, 0.29) is 19.1 Å². The molecule has 4 rings (SSSR count). The molecule has 8 heteroatoms. The number of hydrogen-bond acceptors (Lipinski definition) is 6. The molecule has 1 aromatic heterocycles. The first kappa shape index (κ1) is 21.1. The Morgan fingerprint density at radius 1 is 1.23 bits per heavy atom. The number of ether oxygens (including phenoxy) is 1. The molecule has 7 nitrogen and oxygen atoms in total. The summed E-state index contributed by atoms with van der Waals surface area (Å²) in [5.41, 5.74) is 3.91. The normalized spacial score (nSPS) is 16.0. The van der Waals surface area contributed by atoms with Crippen LogP contribution in [0.25, 0.3) is 11.4 Å². The second-order valence-corrected chi connectivity index (χ2v) is 8.51. The molecule has 0 unspecified atom stereocenters. The molecule has 160 valence electrons. The number of carbonyl (C=O) groups is 2. The minimum absolute atomic E-state index is 0.108. The van der Waals surface area contributed by atoms with Gasteiger partial charge in [0.25, 0.3) is 0 Å². The van der Waals surface area contributed by atoms with Gasteiger partial charge in [-0.1, -0.05) is 59.8 Å². The maximum absolute atomic E-state index is 13.4. The fourth-order valence-corrected chi connectivity index (χ4v) is 4.52. The van der Waals surface area contributed by atoms with Gasteiger partial charge in [-0.15, -0.1) is 5.10 Å². The summed E-state index contributed by atoms with van der Waals surface area (Å²) in [6.07, 6.45) is 1.36. The number of fused-ring (bicyclic) bond motifs is 1. The van der Waals surface area contributed by atoms with Gasteiger partial charge >= 0.3 is 5.97 Å². The van der Waals surface area contributed by atoms with E-state index in [0.29, 0.717) is 17.4 Å². The van der Waals surface area contributed by atoms with Crippen LogP contribution < -0.4 is 4.90 Å². The minimum Gasteiger partial charge on any atom is -0.465 e. The highest BCUT2D eigenvalue weighted by molar-refractivity contribution is 8.00. The molecule has 2 heterocycles. The van der Waals surface area contributed by atoms with Crippen molar-refractivity contribution in [3.05, 3.63) is 59.7 Å². The zero-order valence-electron chi connectivity index (χ0n) is 17.5. The summed E-state index contributed by atoms with van der Waals surface area (Å²) in [6, 6.07) is 15.7. The van der Waals surface area contributed by atoms with Crippen LogP contribution >= 0.6 is 11.8 Å². The molecular formula is C23H24N4O3S. The molecule has 0 spiro atoms. The van der Waals surface area contributed by atoms with Gasteiger partial charge in [0.05, 0.1) is 11.9 Å². The van der Waals surface area contributed by atoms with Crippen LogP contribution in [0.3, 0.4) is 0 Å². The van der Waals surface area contributed by atoms with Gasteiger partial charge in [-0.2, -0.15) is 0 Å². The molecule has 3 aromatic rings. The van der Waals surface area contributed by atoms with E-state index in [1.54, 1.807) is 6.92 Å². The van der Waals surface area contributed by atoms with Crippen LogP contribution in [0.4, 0.5) is 5.69 Å². The summed E-state index contributed by atoms with van der Waals surface area (Å²) >= 11 is 1.32. The Bertz CT molecular complexity index is 1080. The van der Waals surface area contributed by atoms with E-state index in [9.17, 15) is 9.59 Å². The van der Waals surface area contributed by atoms with Crippen molar-refractivity contribution in [2.45, 2.75) is 37.1 Å². The highest BCUT2D eigenvalue weighted by Crippen LogP contribution is 2.34. The smallest absolute Gasteiger partial charge is 0.326 e. The zero-order chi connectivity index (χ0) is 21.8. The highest BCUT2D eigenvalue weighted by atomic mass is 32.2. The SMILES string of the molecule is CCOC(=O)CN1C(=O)[C@@H](Sc2n[nH]c(-c3ccc(C)cc3)n2)CCc2ccccc21. The molecule has 1 aliphatic rings. The third-order valence-corrected chi connectivity index (χ3v) is 6.25. The molecule has 1 N–H and O–H groups in total. The third kappa shape index (κ3) is 4.80. The van der Waals surface area contributed by atoms with E-state index in [1.165, 1.54) is 22.2 Å². The van der Waals surface area contributed by atoms with Crippen LogP contribution in [0, 0.1) is 6.92 Å². The maximum Gasteiger partial charge on any atom is 0.326 e. The van der Waals surface area contributed by atoms with Gasteiger partial charge in [-0.3, -0.25) is 19.6 Å². The number of anilines is 1. The first-order chi connectivity index (χ1) is 15.0. The average molecular weight is 437 g/mol. The molecule has 0 saturated carbocycles. The first-order valence-electron chi connectivity index (χ1n) is 10.3. The van der Waals surface area contributed by atoms with Crippen molar-refractivity contribution < 1.29 is 14.3 Å². The number of esters is 1. The number of H-pyrrole nitrogens is 1. The van der Waals surface area contributed by atoms with Gasteiger partial charge in [0, 0.05) is 11.3 Å². The second-order valence-electron chi connectivity index (χ2n) is 7.34. The van der Waals surface area contributed by atoms with E-state index < -0.39 is 11.2 Å². The number of nitrogens with one attached hydrogen (secondary N) is 1. The Hall–Kier alpha value is -3.13. The highest BCUT2D eigenvalue weighted by Gasteiger charge is 2.33. The van der Waals surface area contributed by atoms with E-state index in [0.717, 1.165) is 23.2 Å². The van der Waals surface area contributed by atoms with Crippen molar-refractivity contribution in [2.75, 3.05) is 18.1 Å². The second kappa shape index (κ2) is 9.34. The molecule has 0 bridgehead atoms. The predicted molar refractivity (Wildman–Crippen MR) is 120 cm³/mol. The molecule has 0 aliphatic carbocycles. The standard InChI is InChI=1S/C23H24N4O3S/c1-3-30-20(28)14-27-18-7-5-4-6-16(18)12-13-19(22(27)29)31-23-24-21(25-26-23)17-10-8-15(2)9-11-17/h4-11,19H,3,12-14H2,1-2H3,(H,24,25,26)/t19-/m0/s1. The van der Waals surface area contributed by atoms with Gasteiger partial charge < -0.3 is 4.74 Å². The summed E-state index contributed by atoms with van der Waals surface area (Å²) in [5.74, 6) is 0.107. The molecule has 0 radical (unpaired) electrons. The summed E-state index contributed by atoms with van der Waals surface area (Å²) in [6.45, 7) is 3.95. The Morgan fingerprint density at radius 2 is 2.00 bits per heavy atom. The molecule has 1 amide bonds. The van der Waals surface area contributed by atoms with Gasteiger partial charge in [-0.25, -0.2) is 4.98 Å². The lowest BCUT2D eigenvalue weighted by Crippen LogP contribution is -2.41. The van der Waals surface area contributed by atoms with E-state index >= 15 is 0 Å². The molecule has 2 aromatic carbocycles. The number of carbonyl (C=O) groups excluding carboxylic acids is 2. The maximum atomic E-state index is 13.4. The Kier molecular flexibility index (Phi) is 6.36. The fraction of sp³-hybridized carbons (Fsp3) is 0.304. The number of nitrogens with zero attached hydrogens (tertiary/aromatic N) is 3. The van der Waals surface area contributed by atoms with Gasteiger partial charge in [0.15, 0.2) is 5.82 Å². The van der Waals surface area contributed by atoms with Gasteiger partial charge in [0.1, 0.15) is 6.54 Å². The van der Waals surface area contributed by atoms with Crippen molar-refractivity contribution in [3.8, 4) is 11.4 Å². The number of rotatable bonds is 6. The number of aryl methyl sites for hydroxylation is 2. The largest absolute Gasteiger partial charge is 0.465 e. The lowest BCUT2D eigenvalue weighted by molar-refractivity contribution is -0.142. The van der Waals surface area contributed by atoms with Gasteiger partial charge in [0.2, 0.25) is 11.1 Å². The lowest BCUT2D eigenvalue weighted by atomic mass is 10.1. The summed E-state index contributed by atoms with van der Waals surface area (Å²) in [7, 11) is 0. The summed E-state index contributed by atoms with van der Waals surface area (Å²) in [5, 5.41) is 7.37. The Labute approximate surface area is 185 Å². The van der Waals surface area contributed by atoms with Crippen LogP contribution in [0.5, 0.6) is 0 Å². The van der Waals surface area contributed by atoms with Crippen molar-refractivity contribution in [2.24, 2.45) is 0 Å². The number of thioether (sulfide) groups is 1. The topological polar surface area (TPSA) is 88.2 Å². The Balaban J connectivity index is 1.56. The van der Waals surface area contributed by atoms with E-state index in [1.807, 2.05) is 55.5 Å². The zero-order valence-corrected chi connectivity index (χ0v) is 18.3. The molecule has 1 aliphatic heterocycles. The molecule has 0 fully saturated rings. The quantitative estimate of drug-likeness (QED) is 0.592. The third-order valence-electron chi connectivity index (χ3n) is 5.13. The number of benzene rings is 2. The van der Waals surface area contributed by atoms with Gasteiger partial charge in [-0.05, 0) is 38.3 Å². The minimum atomic E-state index is -0.421. The van der Waals surface area contributed by atoms with Crippen LogP contribution in [-0.2, 0) is 20.7 Å². The first-order valence-corrected chi connectivity index (χ1v) is 11.1. The van der Waals surface area contributed by atoms with Crippen molar-refractivity contribution >= 4 is 29.3 Å². The number of amides is 1. The molecule has 1 atom stereocenters. The molecule has 31 heavy (non-hydrogen) atoms. The average Bonchev–Trinajstić information content (AvgIpc) is 3.19. The molecular weight excluding hydrogens is 412 g/mol. The van der Waals surface area contributed by atoms with Crippen LogP contribution in [0.2, 0.25) is 0 Å². The summed E-state index contributed by atoms with van der Waals surface area (Å²) in [4.78, 5) is 31.7. The number of hydrogen-bond donors (Lipinski definition) is 1. The van der Waals surface area contributed by atoms with Crippen LogP contribution in [0.1, 0.15) is 24.5 Å². The van der Waals surface area contributed by atoms with E-state index in [2.05, 4.69) is 15.2 Å². The predicted octanol–water partition coefficient (Wildman–Crippen LogP) is 3.78. The fourth-order valence-electron chi connectivity index (χ4n) is 3.56. The monoisotopic (exact) mass is 436 g/mol. The number of para-hydroxylation sites is 1. The van der Waals surface area contributed by atoms with E-state index in [4.69, 9.17) is 4.74 Å². The Morgan fingerprint density at radius 3 is 2.77 bits per heavy atom. The van der Waals surface area contributed by atoms with Crippen LogP contribution in [0.15, 0.2) is 53.7 Å². The number of aromatic amines is 1. The number of aromatic nitrogens is 3. The van der Waals surface area contributed by atoms with Crippen molar-refractivity contribution in [1.29, 1.82) is 0 Å².